The second-order valence-electron chi connectivity index (χ2n) is 4.64. The van der Waals surface area contributed by atoms with E-state index in [4.69, 9.17) is 0 Å². The molecule has 0 bridgehead atoms. The Morgan fingerprint density at radius 2 is 1.90 bits per heavy atom. The lowest BCUT2D eigenvalue weighted by atomic mass is 10.1. The van der Waals surface area contributed by atoms with E-state index in [1.165, 1.54) is 12.1 Å². The highest BCUT2D eigenvalue weighted by atomic mass is 79.9. The Balaban J connectivity index is 2.39. The zero-order chi connectivity index (χ0) is 15.2. The van der Waals surface area contributed by atoms with Gasteiger partial charge in [0.1, 0.15) is 0 Å². The fourth-order valence-corrected chi connectivity index (χ4v) is 1.99. The molecule has 0 aliphatic carbocycles. The molecule has 1 unspecified atom stereocenters. The normalized spacial score (nSPS) is 13.1. The van der Waals surface area contributed by atoms with Crippen LogP contribution in [0.15, 0.2) is 24.3 Å². The van der Waals surface area contributed by atoms with Crippen LogP contribution >= 0.6 is 15.9 Å². The number of rotatable bonds is 6. The number of hydrogen-bond donors (Lipinski definition) is 1. The van der Waals surface area contributed by atoms with E-state index in [-0.39, 0.29) is 12.3 Å². The van der Waals surface area contributed by atoms with E-state index in [1.54, 1.807) is 0 Å². The number of hydrogen-bond acceptors (Lipinski definition) is 1. The summed E-state index contributed by atoms with van der Waals surface area (Å²) < 4.78 is 37.1. The third kappa shape index (κ3) is 6.41. The van der Waals surface area contributed by atoms with Crippen LogP contribution < -0.4 is 5.32 Å². The van der Waals surface area contributed by atoms with Crippen LogP contribution in [0.25, 0.3) is 0 Å². The molecule has 6 heteroatoms. The molecule has 0 fully saturated rings. The number of benzene rings is 1. The first-order chi connectivity index (χ1) is 9.29. The van der Waals surface area contributed by atoms with E-state index in [2.05, 4.69) is 21.2 Å². The molecule has 112 valence electrons. The first-order valence-electron chi connectivity index (χ1n) is 6.36. The fourth-order valence-electron chi connectivity index (χ4n) is 1.67. The molecule has 1 atom stereocenters. The molecule has 1 aromatic carbocycles. The summed E-state index contributed by atoms with van der Waals surface area (Å²) in [5, 5.41) is 2.75. The largest absolute Gasteiger partial charge is 0.416 e. The predicted octanol–water partition coefficient (Wildman–Crippen LogP) is 3.93. The summed E-state index contributed by atoms with van der Waals surface area (Å²) in [5.41, 5.74) is -0.127. The summed E-state index contributed by atoms with van der Waals surface area (Å²) in [5.74, 6) is -0.174. The van der Waals surface area contributed by atoms with E-state index in [1.807, 2.05) is 6.92 Å². The minimum atomic E-state index is -4.34. The minimum absolute atomic E-state index is 0.0992. The van der Waals surface area contributed by atoms with E-state index < -0.39 is 11.7 Å². The van der Waals surface area contributed by atoms with Crippen LogP contribution in [0.1, 0.15) is 30.9 Å². The molecule has 1 N–H and O–H groups in total. The zero-order valence-electron chi connectivity index (χ0n) is 11.1. The van der Waals surface area contributed by atoms with Gasteiger partial charge in [0.05, 0.1) is 12.0 Å². The Bertz CT molecular complexity index is 429. The van der Waals surface area contributed by atoms with E-state index >= 15 is 0 Å². The molecule has 0 saturated carbocycles. The maximum absolute atomic E-state index is 12.4. The minimum Gasteiger partial charge on any atom is -0.356 e. The Kier molecular flexibility index (Phi) is 6.52. The Morgan fingerprint density at radius 1 is 1.30 bits per heavy atom. The van der Waals surface area contributed by atoms with Crippen molar-refractivity contribution in [2.45, 2.75) is 37.2 Å². The van der Waals surface area contributed by atoms with E-state index in [0.29, 0.717) is 16.9 Å². The SMILES string of the molecule is CC(Br)CCCNC(=O)Cc1ccc(C(F)(F)F)cc1. The number of halogens is 4. The smallest absolute Gasteiger partial charge is 0.356 e. The molecule has 0 radical (unpaired) electrons. The highest BCUT2D eigenvalue weighted by Crippen LogP contribution is 2.29. The molecule has 0 saturated heterocycles. The third-order valence-corrected chi connectivity index (χ3v) is 3.20. The van der Waals surface area contributed by atoms with Gasteiger partial charge in [-0.3, -0.25) is 4.79 Å². The van der Waals surface area contributed by atoms with Gasteiger partial charge in [0.2, 0.25) is 5.91 Å². The molecule has 20 heavy (non-hydrogen) atoms. The quantitative estimate of drug-likeness (QED) is 0.610. The standard InChI is InChI=1S/C14H17BrF3NO/c1-10(15)3-2-8-19-13(20)9-11-4-6-12(7-5-11)14(16,17)18/h4-7,10H,2-3,8-9H2,1H3,(H,19,20). The maximum Gasteiger partial charge on any atom is 0.416 e. The first-order valence-corrected chi connectivity index (χ1v) is 7.27. The lowest BCUT2D eigenvalue weighted by Crippen LogP contribution is -2.26. The molecule has 0 aliphatic rings. The second kappa shape index (κ2) is 7.67. The number of amides is 1. The van der Waals surface area contributed by atoms with Gasteiger partial charge >= 0.3 is 6.18 Å². The van der Waals surface area contributed by atoms with E-state index in [0.717, 1.165) is 25.0 Å². The average molecular weight is 352 g/mol. The van der Waals surface area contributed by atoms with Gasteiger partial charge in [0, 0.05) is 11.4 Å². The average Bonchev–Trinajstić information content (AvgIpc) is 2.34. The van der Waals surface area contributed by atoms with Crippen molar-refractivity contribution in [3.8, 4) is 0 Å². The summed E-state index contributed by atoms with van der Waals surface area (Å²) in [4.78, 5) is 12.0. The third-order valence-electron chi connectivity index (χ3n) is 2.75. The van der Waals surface area contributed by atoms with Crippen LogP contribution in [0.5, 0.6) is 0 Å². The fraction of sp³-hybridized carbons (Fsp3) is 0.500. The van der Waals surface area contributed by atoms with Crippen molar-refractivity contribution in [2.24, 2.45) is 0 Å². The number of carbonyl (C=O) groups excluding carboxylic acids is 1. The van der Waals surface area contributed by atoms with Crippen LogP contribution in [0.4, 0.5) is 13.2 Å². The number of alkyl halides is 4. The van der Waals surface area contributed by atoms with Gasteiger partial charge in [0.25, 0.3) is 0 Å². The van der Waals surface area contributed by atoms with Crippen molar-refractivity contribution in [3.63, 3.8) is 0 Å². The maximum atomic E-state index is 12.4. The van der Waals surface area contributed by atoms with Crippen molar-refractivity contribution in [2.75, 3.05) is 6.54 Å². The van der Waals surface area contributed by atoms with Gasteiger partial charge in [-0.2, -0.15) is 13.2 Å². The zero-order valence-corrected chi connectivity index (χ0v) is 12.7. The summed E-state index contributed by atoms with van der Waals surface area (Å²) in [6, 6.07) is 4.66. The summed E-state index contributed by atoms with van der Waals surface area (Å²) in [6.45, 7) is 2.61. The van der Waals surface area contributed by atoms with Crippen LogP contribution in [0.2, 0.25) is 0 Å². The summed E-state index contributed by atoms with van der Waals surface area (Å²) in [6.07, 6.45) is -2.42. The Morgan fingerprint density at radius 3 is 2.40 bits per heavy atom. The molecule has 0 aliphatic heterocycles. The van der Waals surface area contributed by atoms with E-state index in [9.17, 15) is 18.0 Å². The van der Waals surface area contributed by atoms with Gasteiger partial charge in [-0.1, -0.05) is 35.0 Å². The van der Waals surface area contributed by atoms with Crippen molar-refractivity contribution in [3.05, 3.63) is 35.4 Å². The molecular formula is C14H17BrF3NO. The van der Waals surface area contributed by atoms with Gasteiger partial charge in [-0.05, 0) is 30.5 Å². The van der Waals surface area contributed by atoms with Crippen LogP contribution in [-0.4, -0.2) is 17.3 Å². The van der Waals surface area contributed by atoms with Crippen molar-refractivity contribution in [1.29, 1.82) is 0 Å². The summed E-state index contributed by atoms with van der Waals surface area (Å²) >= 11 is 3.41. The van der Waals surface area contributed by atoms with Crippen molar-refractivity contribution < 1.29 is 18.0 Å². The number of carbonyl (C=O) groups is 1. The highest BCUT2D eigenvalue weighted by Gasteiger charge is 2.29. The van der Waals surface area contributed by atoms with Crippen LogP contribution in [0, 0.1) is 0 Å². The molecule has 0 heterocycles. The molecule has 1 rings (SSSR count). The Labute approximate surface area is 124 Å². The van der Waals surface area contributed by atoms with Crippen LogP contribution in [0.3, 0.4) is 0 Å². The molecule has 1 aromatic rings. The molecule has 0 aromatic heterocycles. The molecule has 0 spiro atoms. The molecular weight excluding hydrogens is 335 g/mol. The van der Waals surface area contributed by atoms with Gasteiger partial charge in [0.15, 0.2) is 0 Å². The molecule has 2 nitrogen and oxygen atoms in total. The topological polar surface area (TPSA) is 29.1 Å². The molecule has 1 amide bonds. The number of nitrogens with one attached hydrogen (secondary N) is 1. The Hall–Kier alpha value is -1.04. The second-order valence-corrected chi connectivity index (χ2v) is 6.21. The lowest BCUT2D eigenvalue weighted by molar-refractivity contribution is -0.137. The van der Waals surface area contributed by atoms with Crippen LogP contribution in [-0.2, 0) is 17.4 Å². The van der Waals surface area contributed by atoms with Gasteiger partial charge in [-0.25, -0.2) is 0 Å². The predicted molar refractivity (Wildman–Crippen MR) is 75.8 cm³/mol. The van der Waals surface area contributed by atoms with Crippen molar-refractivity contribution >= 4 is 21.8 Å². The van der Waals surface area contributed by atoms with Crippen molar-refractivity contribution in [1.82, 2.24) is 5.32 Å². The lowest BCUT2D eigenvalue weighted by Gasteiger charge is -2.08. The first kappa shape index (κ1) is 17.0. The summed E-state index contributed by atoms with van der Waals surface area (Å²) in [7, 11) is 0. The van der Waals surface area contributed by atoms with Gasteiger partial charge in [-0.15, -0.1) is 0 Å². The highest BCUT2D eigenvalue weighted by molar-refractivity contribution is 9.09. The monoisotopic (exact) mass is 351 g/mol. The van der Waals surface area contributed by atoms with Gasteiger partial charge < -0.3 is 5.32 Å².